The molecule has 2 aliphatic heterocycles. The van der Waals surface area contributed by atoms with E-state index in [0.717, 1.165) is 12.8 Å². The maximum absolute atomic E-state index is 13.3. The Bertz CT molecular complexity index is 687. The second-order valence-corrected chi connectivity index (χ2v) is 7.32. The molecule has 0 bridgehead atoms. The normalized spacial score (nSPS) is 22.6. The number of benzene rings is 1. The molecule has 154 valence electrons. The Labute approximate surface area is 166 Å². The van der Waals surface area contributed by atoms with E-state index in [0.29, 0.717) is 63.8 Å². The van der Waals surface area contributed by atoms with Gasteiger partial charge in [-0.3, -0.25) is 9.59 Å². The summed E-state index contributed by atoms with van der Waals surface area (Å²) in [5.41, 5.74) is 0.0797. The molecule has 28 heavy (non-hydrogen) atoms. The molecule has 1 aromatic rings. The monoisotopic (exact) mass is 390 g/mol. The van der Waals surface area contributed by atoms with Gasteiger partial charge in [-0.25, -0.2) is 0 Å². The standard InChI is InChI=1S/C21H30N2O5/c1-3-28-18-8-5-4-7-17(18)20(25)22-12-9-19(24)23(11-6-13-26-2)21(15-22)10-14-27-16-21/h4-5,7-8H,3,6,9-16H2,1-2H3. The largest absolute Gasteiger partial charge is 0.493 e. The Kier molecular flexibility index (Phi) is 6.91. The molecule has 0 aliphatic carbocycles. The third kappa shape index (κ3) is 4.31. The number of rotatable bonds is 7. The van der Waals surface area contributed by atoms with Gasteiger partial charge in [0.25, 0.3) is 5.91 Å². The Balaban J connectivity index is 1.84. The third-order valence-corrected chi connectivity index (χ3v) is 5.47. The molecule has 2 fully saturated rings. The molecular weight excluding hydrogens is 360 g/mol. The summed E-state index contributed by atoms with van der Waals surface area (Å²) >= 11 is 0. The van der Waals surface area contributed by atoms with E-state index >= 15 is 0 Å². The molecule has 1 unspecified atom stereocenters. The lowest BCUT2D eigenvalue weighted by Crippen LogP contribution is -2.57. The van der Waals surface area contributed by atoms with Crippen molar-refractivity contribution in [3.63, 3.8) is 0 Å². The maximum atomic E-state index is 13.3. The Morgan fingerprint density at radius 2 is 2.14 bits per heavy atom. The lowest BCUT2D eigenvalue weighted by molar-refractivity contribution is -0.136. The van der Waals surface area contributed by atoms with Gasteiger partial charge in [-0.2, -0.15) is 0 Å². The predicted molar refractivity (Wildman–Crippen MR) is 105 cm³/mol. The van der Waals surface area contributed by atoms with Crippen LogP contribution in [0.25, 0.3) is 0 Å². The van der Waals surface area contributed by atoms with Crippen LogP contribution in [-0.4, -0.2) is 80.3 Å². The van der Waals surface area contributed by atoms with Crippen molar-refractivity contribution >= 4 is 11.8 Å². The fourth-order valence-electron chi connectivity index (χ4n) is 4.08. The molecular formula is C21H30N2O5. The maximum Gasteiger partial charge on any atom is 0.257 e. The van der Waals surface area contributed by atoms with Gasteiger partial charge in [0.1, 0.15) is 5.75 Å². The molecule has 2 heterocycles. The van der Waals surface area contributed by atoms with Crippen molar-refractivity contribution in [1.82, 2.24) is 9.80 Å². The summed E-state index contributed by atoms with van der Waals surface area (Å²) in [5, 5.41) is 0. The predicted octanol–water partition coefficient (Wildman–Crippen LogP) is 1.96. The average Bonchev–Trinajstić information content (AvgIpc) is 3.12. The van der Waals surface area contributed by atoms with Crippen LogP contribution in [0.3, 0.4) is 0 Å². The number of nitrogens with zero attached hydrogens (tertiary/aromatic N) is 2. The number of ether oxygens (including phenoxy) is 3. The van der Waals surface area contributed by atoms with E-state index in [1.807, 2.05) is 30.0 Å². The van der Waals surface area contributed by atoms with Gasteiger partial charge in [0.15, 0.2) is 0 Å². The first-order chi connectivity index (χ1) is 13.6. The minimum Gasteiger partial charge on any atom is -0.493 e. The second kappa shape index (κ2) is 9.39. The number of hydrogen-bond donors (Lipinski definition) is 0. The minimum absolute atomic E-state index is 0.0787. The van der Waals surface area contributed by atoms with Crippen molar-refractivity contribution in [3.8, 4) is 5.75 Å². The lowest BCUT2D eigenvalue weighted by atomic mass is 9.95. The van der Waals surface area contributed by atoms with E-state index in [1.165, 1.54) is 0 Å². The molecule has 1 atom stereocenters. The molecule has 2 amide bonds. The fraction of sp³-hybridized carbons (Fsp3) is 0.619. The van der Waals surface area contributed by atoms with Crippen molar-refractivity contribution in [3.05, 3.63) is 29.8 Å². The van der Waals surface area contributed by atoms with Gasteiger partial charge in [0, 0.05) is 46.4 Å². The van der Waals surface area contributed by atoms with Crippen LogP contribution in [0.4, 0.5) is 0 Å². The third-order valence-electron chi connectivity index (χ3n) is 5.47. The van der Waals surface area contributed by atoms with Gasteiger partial charge in [-0.15, -0.1) is 0 Å². The van der Waals surface area contributed by atoms with E-state index in [2.05, 4.69) is 0 Å². The van der Waals surface area contributed by atoms with Crippen molar-refractivity contribution in [2.24, 2.45) is 0 Å². The molecule has 0 N–H and O–H groups in total. The molecule has 2 aliphatic rings. The van der Waals surface area contributed by atoms with E-state index in [-0.39, 0.29) is 11.8 Å². The average molecular weight is 390 g/mol. The SMILES string of the molecule is CCOc1ccccc1C(=O)N1CCC(=O)N(CCCOC)C2(CCOC2)C1. The minimum atomic E-state index is -0.461. The van der Waals surface area contributed by atoms with Crippen LogP contribution in [0.15, 0.2) is 24.3 Å². The topological polar surface area (TPSA) is 68.3 Å². The number of methoxy groups -OCH3 is 1. The summed E-state index contributed by atoms with van der Waals surface area (Å²) in [5.74, 6) is 0.566. The van der Waals surface area contributed by atoms with Gasteiger partial charge in [-0.1, -0.05) is 12.1 Å². The number of carbonyl (C=O) groups excluding carboxylic acids is 2. The van der Waals surface area contributed by atoms with Gasteiger partial charge < -0.3 is 24.0 Å². The first-order valence-corrected chi connectivity index (χ1v) is 9.99. The van der Waals surface area contributed by atoms with Crippen LogP contribution in [0, 0.1) is 0 Å². The lowest BCUT2D eigenvalue weighted by Gasteiger charge is -2.40. The molecule has 2 saturated heterocycles. The summed E-state index contributed by atoms with van der Waals surface area (Å²) in [6.07, 6.45) is 1.82. The van der Waals surface area contributed by atoms with Crippen LogP contribution in [-0.2, 0) is 14.3 Å². The molecule has 1 aromatic carbocycles. The molecule has 3 rings (SSSR count). The first kappa shape index (κ1) is 20.6. The van der Waals surface area contributed by atoms with E-state index < -0.39 is 5.54 Å². The Hall–Kier alpha value is -2.12. The summed E-state index contributed by atoms with van der Waals surface area (Å²) in [4.78, 5) is 30.0. The smallest absolute Gasteiger partial charge is 0.257 e. The summed E-state index contributed by atoms with van der Waals surface area (Å²) < 4.78 is 16.5. The van der Waals surface area contributed by atoms with Crippen LogP contribution < -0.4 is 4.74 Å². The van der Waals surface area contributed by atoms with Crippen LogP contribution >= 0.6 is 0 Å². The molecule has 1 spiro atoms. The molecule has 0 saturated carbocycles. The zero-order valence-corrected chi connectivity index (χ0v) is 16.8. The Morgan fingerprint density at radius 3 is 2.86 bits per heavy atom. The van der Waals surface area contributed by atoms with Crippen LogP contribution in [0.2, 0.25) is 0 Å². The number of amides is 2. The highest BCUT2D eigenvalue weighted by molar-refractivity contribution is 5.97. The summed E-state index contributed by atoms with van der Waals surface area (Å²) in [6, 6.07) is 7.29. The molecule has 7 heteroatoms. The van der Waals surface area contributed by atoms with Gasteiger partial charge >= 0.3 is 0 Å². The zero-order valence-electron chi connectivity index (χ0n) is 16.8. The highest BCUT2D eigenvalue weighted by Crippen LogP contribution is 2.32. The van der Waals surface area contributed by atoms with Gasteiger partial charge in [0.05, 0.1) is 24.3 Å². The van der Waals surface area contributed by atoms with E-state index in [4.69, 9.17) is 14.2 Å². The fourth-order valence-corrected chi connectivity index (χ4v) is 4.08. The quantitative estimate of drug-likeness (QED) is 0.666. The Morgan fingerprint density at radius 1 is 1.32 bits per heavy atom. The van der Waals surface area contributed by atoms with Crippen molar-refractivity contribution in [1.29, 1.82) is 0 Å². The van der Waals surface area contributed by atoms with Gasteiger partial charge in [-0.05, 0) is 31.9 Å². The first-order valence-electron chi connectivity index (χ1n) is 9.99. The van der Waals surface area contributed by atoms with E-state index in [1.54, 1.807) is 18.1 Å². The van der Waals surface area contributed by atoms with Crippen LogP contribution in [0.1, 0.15) is 36.5 Å². The second-order valence-electron chi connectivity index (χ2n) is 7.32. The molecule has 7 nitrogen and oxygen atoms in total. The summed E-state index contributed by atoms with van der Waals surface area (Å²) in [6.45, 7) is 5.56. The highest BCUT2D eigenvalue weighted by atomic mass is 16.5. The zero-order chi connectivity index (χ0) is 20.0. The van der Waals surface area contributed by atoms with Crippen molar-refractivity contribution in [2.45, 2.75) is 31.7 Å². The van der Waals surface area contributed by atoms with Crippen molar-refractivity contribution < 1.29 is 23.8 Å². The molecule has 0 radical (unpaired) electrons. The molecule has 0 aromatic heterocycles. The van der Waals surface area contributed by atoms with Gasteiger partial charge in [0.2, 0.25) is 5.91 Å². The number of hydrogen-bond acceptors (Lipinski definition) is 5. The van der Waals surface area contributed by atoms with Crippen LogP contribution in [0.5, 0.6) is 5.75 Å². The summed E-state index contributed by atoms with van der Waals surface area (Å²) in [7, 11) is 1.66. The number of para-hydroxylation sites is 1. The van der Waals surface area contributed by atoms with E-state index in [9.17, 15) is 9.59 Å². The van der Waals surface area contributed by atoms with Crippen molar-refractivity contribution in [2.75, 3.05) is 53.2 Å². The highest BCUT2D eigenvalue weighted by Gasteiger charge is 2.47. The number of carbonyl (C=O) groups is 2.